The van der Waals surface area contributed by atoms with Crippen LogP contribution in [0.4, 0.5) is 0 Å². The second-order valence-corrected chi connectivity index (χ2v) is 9.94. The van der Waals surface area contributed by atoms with E-state index >= 15 is 0 Å². The van der Waals surface area contributed by atoms with Crippen LogP contribution in [0, 0.1) is 0 Å². The lowest BCUT2D eigenvalue weighted by molar-refractivity contribution is -0.106. The molecule has 0 radical (unpaired) electrons. The molecule has 174 valence electrons. The molecule has 1 spiro atoms. The van der Waals surface area contributed by atoms with Gasteiger partial charge >= 0.3 is 0 Å². The van der Waals surface area contributed by atoms with Gasteiger partial charge in [-0.15, -0.1) is 24.5 Å². The van der Waals surface area contributed by atoms with Gasteiger partial charge in [-0.3, -0.25) is 4.90 Å². The SMILES string of the molecule is C=C.C=C/C(=C\C)C1(N(C)C)CCC2(CC1)OCCc1c2[nH]c2ccc(-c3nccs3)cc12. The Morgan fingerprint density at radius 1 is 1.21 bits per heavy atom. The summed E-state index contributed by atoms with van der Waals surface area (Å²) in [6.45, 7) is 13.0. The summed E-state index contributed by atoms with van der Waals surface area (Å²) in [5.41, 5.74) is 6.29. The van der Waals surface area contributed by atoms with E-state index in [1.54, 1.807) is 11.3 Å². The minimum atomic E-state index is -0.215. The maximum Gasteiger partial charge on any atom is 0.123 e. The van der Waals surface area contributed by atoms with Crippen molar-refractivity contribution in [3.63, 3.8) is 0 Å². The Morgan fingerprint density at radius 2 is 1.97 bits per heavy atom. The van der Waals surface area contributed by atoms with Crippen molar-refractivity contribution >= 4 is 22.2 Å². The van der Waals surface area contributed by atoms with Crippen molar-refractivity contribution in [3.05, 3.63) is 78.5 Å². The number of H-pyrrole nitrogens is 1. The van der Waals surface area contributed by atoms with Gasteiger partial charge in [0.2, 0.25) is 0 Å². The van der Waals surface area contributed by atoms with Gasteiger partial charge in [-0.05, 0) is 82.5 Å². The number of ether oxygens (including phenoxy) is 1. The van der Waals surface area contributed by atoms with Gasteiger partial charge in [0.05, 0.1) is 12.3 Å². The van der Waals surface area contributed by atoms with E-state index in [4.69, 9.17) is 4.74 Å². The average molecular weight is 462 g/mol. The molecule has 0 unspecified atom stereocenters. The van der Waals surface area contributed by atoms with E-state index in [2.05, 4.69) is 79.9 Å². The van der Waals surface area contributed by atoms with Gasteiger partial charge in [0.1, 0.15) is 10.6 Å². The summed E-state index contributed by atoms with van der Waals surface area (Å²) < 4.78 is 6.58. The first-order valence-corrected chi connectivity index (χ1v) is 12.6. The molecule has 0 saturated heterocycles. The summed E-state index contributed by atoms with van der Waals surface area (Å²) in [4.78, 5) is 10.7. The molecule has 1 aromatic carbocycles. The predicted octanol–water partition coefficient (Wildman–Crippen LogP) is 6.87. The molecule has 0 atom stereocenters. The lowest BCUT2D eigenvalue weighted by atomic mass is 9.67. The van der Waals surface area contributed by atoms with Crippen molar-refractivity contribution < 1.29 is 4.74 Å². The van der Waals surface area contributed by atoms with Gasteiger partial charge in [0.25, 0.3) is 0 Å². The summed E-state index contributed by atoms with van der Waals surface area (Å²) in [7, 11) is 4.39. The molecule has 4 nitrogen and oxygen atoms in total. The van der Waals surface area contributed by atoms with Crippen LogP contribution in [0.2, 0.25) is 0 Å². The van der Waals surface area contributed by atoms with E-state index in [0.717, 1.165) is 43.7 Å². The van der Waals surface area contributed by atoms with Crippen LogP contribution in [0.5, 0.6) is 0 Å². The van der Waals surface area contributed by atoms with Crippen LogP contribution in [0.3, 0.4) is 0 Å². The first kappa shape index (κ1) is 23.7. The van der Waals surface area contributed by atoms with Crippen LogP contribution in [-0.2, 0) is 16.8 Å². The second kappa shape index (κ2) is 9.41. The van der Waals surface area contributed by atoms with E-state index in [9.17, 15) is 0 Å². The van der Waals surface area contributed by atoms with Gasteiger partial charge in [0.15, 0.2) is 0 Å². The topological polar surface area (TPSA) is 41.1 Å². The van der Waals surface area contributed by atoms with Crippen molar-refractivity contribution in [3.8, 4) is 10.6 Å². The highest BCUT2D eigenvalue weighted by Crippen LogP contribution is 2.51. The van der Waals surface area contributed by atoms with Crippen molar-refractivity contribution in [2.24, 2.45) is 0 Å². The summed E-state index contributed by atoms with van der Waals surface area (Å²) in [5, 5.41) is 4.45. The standard InChI is InChI=1S/C26H31N3OS.C2H4/c1-5-19(6-2)25(29(3)4)10-12-26(13-11-25)23-20(9-15-30-26)21-17-18(7-8-22(21)28-23)24-27-14-16-31-24;1-2/h5-8,14,16-17,28H,1,9-13,15H2,2-4H3;1-2H2/b19-6+;. The summed E-state index contributed by atoms with van der Waals surface area (Å²) in [5.74, 6) is 0. The lowest BCUT2D eigenvalue weighted by Gasteiger charge is -2.51. The van der Waals surface area contributed by atoms with Crippen molar-refractivity contribution in [1.29, 1.82) is 0 Å². The highest BCUT2D eigenvalue weighted by atomic mass is 32.1. The predicted molar refractivity (Wildman–Crippen MR) is 141 cm³/mol. The zero-order valence-electron chi connectivity index (χ0n) is 20.1. The molecule has 33 heavy (non-hydrogen) atoms. The van der Waals surface area contributed by atoms with Gasteiger partial charge in [-0.25, -0.2) is 4.98 Å². The Kier molecular flexibility index (Phi) is 6.76. The fraction of sp³-hybridized carbons (Fsp3) is 0.393. The van der Waals surface area contributed by atoms with E-state index in [0.29, 0.717) is 0 Å². The Balaban J connectivity index is 0.00000126. The Hall–Kier alpha value is -2.47. The number of hydrogen-bond acceptors (Lipinski definition) is 4. The van der Waals surface area contributed by atoms with Gasteiger partial charge in [-0.2, -0.15) is 0 Å². The summed E-state index contributed by atoms with van der Waals surface area (Å²) >= 11 is 1.69. The zero-order chi connectivity index (χ0) is 23.6. The normalized spacial score (nSPS) is 25.0. The van der Waals surface area contributed by atoms with Gasteiger partial charge in [0, 0.05) is 33.6 Å². The number of nitrogens with zero attached hydrogens (tertiary/aromatic N) is 2. The number of thiazole rings is 1. The van der Waals surface area contributed by atoms with Crippen LogP contribution in [0.1, 0.15) is 43.9 Å². The molecule has 5 heteroatoms. The van der Waals surface area contributed by atoms with Crippen molar-refractivity contribution in [2.75, 3.05) is 20.7 Å². The number of allylic oxidation sites excluding steroid dienone is 1. The molecule has 1 saturated carbocycles. The van der Waals surface area contributed by atoms with Gasteiger partial charge in [-0.1, -0.05) is 18.7 Å². The third kappa shape index (κ3) is 3.82. The van der Waals surface area contributed by atoms with E-state index in [1.807, 2.05) is 17.7 Å². The van der Waals surface area contributed by atoms with Crippen LogP contribution >= 0.6 is 11.3 Å². The van der Waals surface area contributed by atoms with Crippen molar-refractivity contribution in [2.45, 2.75) is 50.2 Å². The number of aromatic nitrogens is 2. The molecule has 0 amide bonds. The molecule has 1 aliphatic carbocycles. The molecular formula is C28H35N3OS. The van der Waals surface area contributed by atoms with Gasteiger partial charge < -0.3 is 9.72 Å². The van der Waals surface area contributed by atoms with E-state index in [-0.39, 0.29) is 11.1 Å². The maximum absolute atomic E-state index is 6.58. The van der Waals surface area contributed by atoms with E-state index in [1.165, 1.54) is 33.3 Å². The lowest BCUT2D eigenvalue weighted by Crippen LogP contribution is -2.52. The third-order valence-electron chi connectivity index (χ3n) is 7.58. The number of fused-ring (bicyclic) bond motifs is 4. The number of benzene rings is 1. The molecular weight excluding hydrogens is 426 g/mol. The molecule has 2 aliphatic rings. The summed E-state index contributed by atoms with van der Waals surface area (Å²) in [6, 6.07) is 6.70. The van der Waals surface area contributed by atoms with Crippen LogP contribution in [0.25, 0.3) is 21.5 Å². The minimum absolute atomic E-state index is 0.0345. The van der Waals surface area contributed by atoms with E-state index < -0.39 is 0 Å². The van der Waals surface area contributed by atoms with Crippen molar-refractivity contribution in [1.82, 2.24) is 14.9 Å². The highest BCUT2D eigenvalue weighted by molar-refractivity contribution is 7.13. The molecule has 5 rings (SSSR count). The average Bonchev–Trinajstić information content (AvgIpc) is 3.51. The fourth-order valence-electron chi connectivity index (χ4n) is 5.85. The molecule has 0 bridgehead atoms. The molecule has 1 N–H and O–H groups in total. The molecule has 1 fully saturated rings. The Morgan fingerprint density at radius 3 is 2.58 bits per heavy atom. The molecule has 3 aromatic rings. The zero-order valence-corrected chi connectivity index (χ0v) is 20.9. The Bertz CT molecular complexity index is 1150. The number of hydrogen-bond donors (Lipinski definition) is 1. The number of likely N-dealkylation sites (N-methyl/N-ethyl adjacent to an activating group) is 1. The first-order valence-electron chi connectivity index (χ1n) is 11.7. The fourth-order valence-corrected chi connectivity index (χ4v) is 6.48. The summed E-state index contributed by atoms with van der Waals surface area (Å²) in [6.07, 6.45) is 11.2. The minimum Gasteiger partial charge on any atom is -0.368 e. The monoisotopic (exact) mass is 461 g/mol. The molecule has 3 heterocycles. The van der Waals surface area contributed by atoms with Crippen LogP contribution < -0.4 is 0 Å². The molecule has 2 aromatic heterocycles. The quantitative estimate of drug-likeness (QED) is 0.340. The Labute approximate surface area is 201 Å². The second-order valence-electron chi connectivity index (χ2n) is 9.04. The van der Waals surface area contributed by atoms with Crippen LogP contribution in [0.15, 0.2) is 67.2 Å². The maximum atomic E-state index is 6.58. The largest absolute Gasteiger partial charge is 0.368 e. The first-order chi connectivity index (χ1) is 16.0. The number of aromatic amines is 1. The highest BCUT2D eigenvalue weighted by Gasteiger charge is 2.49. The third-order valence-corrected chi connectivity index (χ3v) is 8.40. The molecule has 1 aliphatic heterocycles. The number of rotatable bonds is 4. The van der Waals surface area contributed by atoms with Crippen LogP contribution in [-0.4, -0.2) is 41.1 Å². The smallest absolute Gasteiger partial charge is 0.123 e. The number of nitrogens with one attached hydrogen (secondary N) is 1.